The Morgan fingerprint density at radius 3 is 2.50 bits per heavy atom. The van der Waals surface area contributed by atoms with Crippen LogP contribution in [0.25, 0.3) is 0 Å². The Labute approximate surface area is 152 Å². The second-order valence-corrected chi connectivity index (χ2v) is 6.72. The van der Waals surface area contributed by atoms with Crippen LogP contribution in [0.15, 0.2) is 36.5 Å². The minimum atomic E-state index is -0.245. The van der Waals surface area contributed by atoms with Gasteiger partial charge in [-0.2, -0.15) is 0 Å². The zero-order chi connectivity index (χ0) is 17.8. The first-order valence-electron chi connectivity index (χ1n) is 9.21. The molecule has 1 aromatic heterocycles. The van der Waals surface area contributed by atoms with Gasteiger partial charge in [-0.3, -0.25) is 4.79 Å². The Kier molecular flexibility index (Phi) is 4.91. The third kappa shape index (κ3) is 3.90. The molecule has 1 aromatic carbocycles. The molecular weight excluding hydrogens is 330 g/mol. The summed E-state index contributed by atoms with van der Waals surface area (Å²) in [5.41, 5.74) is 2.01. The van der Waals surface area contributed by atoms with Crippen molar-refractivity contribution >= 4 is 17.3 Å². The molecule has 0 bridgehead atoms. The number of carbonyl (C=O) groups is 1. The number of amides is 1. The van der Waals surface area contributed by atoms with E-state index in [4.69, 9.17) is 9.47 Å². The molecule has 1 fully saturated rings. The molecule has 0 spiro atoms. The van der Waals surface area contributed by atoms with Gasteiger partial charge in [0.05, 0.1) is 11.9 Å². The molecule has 1 aliphatic carbocycles. The minimum Gasteiger partial charge on any atom is -0.486 e. The SMILES string of the molecule is O=C(Nc1ccc2c(c1)OCCO2)c1ccc(NC2CCCCC2)cn1. The van der Waals surface area contributed by atoms with Crippen molar-refractivity contribution in [2.75, 3.05) is 23.8 Å². The largest absolute Gasteiger partial charge is 0.486 e. The zero-order valence-corrected chi connectivity index (χ0v) is 14.7. The summed E-state index contributed by atoms with van der Waals surface area (Å²) in [6.07, 6.45) is 8.02. The van der Waals surface area contributed by atoms with Crippen LogP contribution in [0.1, 0.15) is 42.6 Å². The normalized spacial score (nSPS) is 16.8. The van der Waals surface area contributed by atoms with E-state index >= 15 is 0 Å². The molecule has 2 aliphatic rings. The van der Waals surface area contributed by atoms with E-state index in [-0.39, 0.29) is 5.91 Å². The Hall–Kier alpha value is -2.76. The highest BCUT2D eigenvalue weighted by Crippen LogP contribution is 2.32. The van der Waals surface area contributed by atoms with E-state index in [0.29, 0.717) is 42.1 Å². The van der Waals surface area contributed by atoms with Crippen LogP contribution in [0.3, 0.4) is 0 Å². The first-order valence-corrected chi connectivity index (χ1v) is 9.21. The lowest BCUT2D eigenvalue weighted by Gasteiger charge is -2.23. The highest BCUT2D eigenvalue weighted by atomic mass is 16.6. The molecule has 1 saturated carbocycles. The average molecular weight is 353 g/mol. The second-order valence-electron chi connectivity index (χ2n) is 6.72. The number of anilines is 2. The maximum atomic E-state index is 12.4. The molecule has 6 heteroatoms. The van der Waals surface area contributed by atoms with Gasteiger partial charge in [0, 0.05) is 17.8 Å². The molecule has 4 rings (SSSR count). The van der Waals surface area contributed by atoms with Crippen molar-refractivity contribution in [3.63, 3.8) is 0 Å². The molecule has 1 aliphatic heterocycles. The van der Waals surface area contributed by atoms with Crippen LogP contribution in [0.5, 0.6) is 11.5 Å². The maximum absolute atomic E-state index is 12.4. The van der Waals surface area contributed by atoms with Crippen molar-refractivity contribution < 1.29 is 14.3 Å². The van der Waals surface area contributed by atoms with Crippen LogP contribution < -0.4 is 20.1 Å². The van der Waals surface area contributed by atoms with E-state index in [1.807, 2.05) is 6.07 Å². The molecule has 6 nitrogen and oxygen atoms in total. The average Bonchev–Trinajstić information content (AvgIpc) is 2.69. The molecule has 2 heterocycles. The summed E-state index contributed by atoms with van der Waals surface area (Å²) in [7, 11) is 0. The van der Waals surface area contributed by atoms with Gasteiger partial charge in [0.15, 0.2) is 11.5 Å². The van der Waals surface area contributed by atoms with Gasteiger partial charge in [0.1, 0.15) is 18.9 Å². The molecule has 136 valence electrons. The smallest absolute Gasteiger partial charge is 0.274 e. The topological polar surface area (TPSA) is 72.5 Å². The summed E-state index contributed by atoms with van der Waals surface area (Å²) in [5, 5.41) is 6.36. The first kappa shape index (κ1) is 16.7. The summed E-state index contributed by atoms with van der Waals surface area (Å²) in [5.74, 6) is 1.10. The quantitative estimate of drug-likeness (QED) is 0.873. The molecule has 2 N–H and O–H groups in total. The van der Waals surface area contributed by atoms with Gasteiger partial charge in [-0.1, -0.05) is 19.3 Å². The van der Waals surface area contributed by atoms with Gasteiger partial charge >= 0.3 is 0 Å². The van der Waals surface area contributed by atoms with Gasteiger partial charge in [-0.05, 0) is 37.1 Å². The van der Waals surface area contributed by atoms with E-state index in [9.17, 15) is 4.79 Å². The lowest BCUT2D eigenvalue weighted by atomic mass is 9.95. The van der Waals surface area contributed by atoms with Crippen molar-refractivity contribution in [2.45, 2.75) is 38.1 Å². The number of carbonyl (C=O) groups excluding carboxylic acids is 1. The zero-order valence-electron chi connectivity index (χ0n) is 14.7. The molecule has 0 unspecified atom stereocenters. The Morgan fingerprint density at radius 2 is 1.73 bits per heavy atom. The summed E-state index contributed by atoms with van der Waals surface area (Å²) < 4.78 is 11.0. The monoisotopic (exact) mass is 353 g/mol. The van der Waals surface area contributed by atoms with E-state index < -0.39 is 0 Å². The van der Waals surface area contributed by atoms with Crippen molar-refractivity contribution in [3.05, 3.63) is 42.2 Å². The fourth-order valence-corrected chi connectivity index (χ4v) is 3.41. The van der Waals surface area contributed by atoms with Gasteiger partial charge in [0.2, 0.25) is 0 Å². The molecule has 1 amide bonds. The van der Waals surface area contributed by atoms with E-state index in [1.54, 1.807) is 30.5 Å². The Balaban J connectivity index is 1.38. The predicted octanol–water partition coefficient (Wildman–Crippen LogP) is 3.85. The van der Waals surface area contributed by atoms with Crippen LogP contribution in [-0.2, 0) is 0 Å². The molecular formula is C20H23N3O3. The number of hydrogen-bond donors (Lipinski definition) is 2. The van der Waals surface area contributed by atoms with Crippen LogP contribution >= 0.6 is 0 Å². The highest BCUT2D eigenvalue weighted by Gasteiger charge is 2.15. The number of benzene rings is 1. The second kappa shape index (κ2) is 7.64. The van der Waals surface area contributed by atoms with E-state index in [0.717, 1.165) is 5.69 Å². The lowest BCUT2D eigenvalue weighted by Crippen LogP contribution is -2.22. The van der Waals surface area contributed by atoms with Gasteiger partial charge in [-0.15, -0.1) is 0 Å². The first-order chi connectivity index (χ1) is 12.8. The van der Waals surface area contributed by atoms with Crippen LogP contribution in [0, 0.1) is 0 Å². The number of hydrogen-bond acceptors (Lipinski definition) is 5. The molecule has 0 radical (unpaired) electrons. The maximum Gasteiger partial charge on any atom is 0.274 e. The summed E-state index contributed by atoms with van der Waals surface area (Å²) in [6.45, 7) is 1.06. The number of ether oxygens (including phenoxy) is 2. The number of nitrogens with zero attached hydrogens (tertiary/aromatic N) is 1. The fourth-order valence-electron chi connectivity index (χ4n) is 3.41. The third-order valence-electron chi connectivity index (χ3n) is 4.77. The van der Waals surface area contributed by atoms with E-state index in [1.165, 1.54) is 32.1 Å². The molecule has 2 aromatic rings. The van der Waals surface area contributed by atoms with Crippen molar-refractivity contribution in [3.8, 4) is 11.5 Å². The van der Waals surface area contributed by atoms with Crippen molar-refractivity contribution in [1.82, 2.24) is 4.98 Å². The lowest BCUT2D eigenvalue weighted by molar-refractivity contribution is 0.102. The summed E-state index contributed by atoms with van der Waals surface area (Å²) in [6, 6.07) is 9.55. The number of rotatable bonds is 4. The van der Waals surface area contributed by atoms with E-state index in [2.05, 4.69) is 15.6 Å². The summed E-state index contributed by atoms with van der Waals surface area (Å²) >= 11 is 0. The number of fused-ring (bicyclic) bond motifs is 1. The predicted molar refractivity (Wildman–Crippen MR) is 100 cm³/mol. The highest BCUT2D eigenvalue weighted by molar-refractivity contribution is 6.03. The van der Waals surface area contributed by atoms with Crippen LogP contribution in [0.4, 0.5) is 11.4 Å². The number of aromatic nitrogens is 1. The van der Waals surface area contributed by atoms with Crippen molar-refractivity contribution in [1.29, 1.82) is 0 Å². The molecule has 26 heavy (non-hydrogen) atoms. The van der Waals surface area contributed by atoms with Gasteiger partial charge in [0.25, 0.3) is 5.91 Å². The molecule has 0 atom stereocenters. The summed E-state index contributed by atoms with van der Waals surface area (Å²) in [4.78, 5) is 16.7. The molecule has 0 saturated heterocycles. The Bertz CT molecular complexity index is 770. The number of pyridine rings is 1. The standard InChI is InChI=1S/C20H23N3O3/c24-20(23-15-7-9-18-19(12-15)26-11-10-25-18)17-8-6-16(13-21-17)22-14-4-2-1-3-5-14/h6-9,12-14,22H,1-5,10-11H2,(H,23,24). The minimum absolute atomic E-state index is 0.245. The van der Waals surface area contributed by atoms with Crippen LogP contribution in [-0.4, -0.2) is 30.1 Å². The number of nitrogens with one attached hydrogen (secondary N) is 2. The van der Waals surface area contributed by atoms with Crippen LogP contribution in [0.2, 0.25) is 0 Å². The Morgan fingerprint density at radius 1 is 0.962 bits per heavy atom. The van der Waals surface area contributed by atoms with Crippen molar-refractivity contribution in [2.24, 2.45) is 0 Å². The fraction of sp³-hybridized carbons (Fsp3) is 0.400. The van der Waals surface area contributed by atoms with Gasteiger partial charge in [-0.25, -0.2) is 4.98 Å². The third-order valence-corrected chi connectivity index (χ3v) is 4.77. The van der Waals surface area contributed by atoms with Gasteiger partial charge < -0.3 is 20.1 Å².